The van der Waals surface area contributed by atoms with Gasteiger partial charge < -0.3 is 10.6 Å². The summed E-state index contributed by atoms with van der Waals surface area (Å²) in [6, 6.07) is 0.0553. The lowest BCUT2D eigenvalue weighted by molar-refractivity contribution is 0.121. The molecule has 0 spiro atoms. The molecule has 4 rings (SSSR count). The zero-order valence-electron chi connectivity index (χ0n) is 17.0. The molecular weight excluding hydrogens is 320 g/mol. The predicted molar refractivity (Wildman–Crippen MR) is 109 cm³/mol. The fraction of sp³-hybridized carbons (Fsp3) is 0.870. The van der Waals surface area contributed by atoms with E-state index in [1.54, 1.807) is 5.57 Å². The second-order valence-corrected chi connectivity index (χ2v) is 9.31. The molecule has 4 aliphatic rings. The van der Waals surface area contributed by atoms with Crippen molar-refractivity contribution in [1.82, 2.24) is 10.6 Å². The van der Waals surface area contributed by atoms with Crippen LogP contribution in [0.5, 0.6) is 0 Å². The fourth-order valence-electron chi connectivity index (χ4n) is 5.74. The lowest BCUT2D eigenvalue weighted by Crippen LogP contribution is -2.58. The van der Waals surface area contributed by atoms with Crippen LogP contribution in [-0.4, -0.2) is 18.1 Å². The van der Waals surface area contributed by atoms with Crippen LogP contribution in [0.3, 0.4) is 0 Å². The molecule has 2 saturated carbocycles. The fourth-order valence-corrected chi connectivity index (χ4v) is 5.74. The third-order valence-electron chi connectivity index (χ3n) is 6.73. The standard InChI is InChI=1S/C23H40N2O/c1-2-3-4-5-6-7-8-9-10-11-12-24-22(26)25-23-16-19-13-20(17-23)15-21(14-19)18-23/h16,20-21H,2-15,17-18H2,1H3,(H2,24,25,26). The minimum absolute atomic E-state index is 0.0126. The first-order chi connectivity index (χ1) is 12.7. The van der Waals surface area contributed by atoms with E-state index < -0.39 is 0 Å². The van der Waals surface area contributed by atoms with Crippen molar-refractivity contribution in [2.24, 2.45) is 11.8 Å². The molecule has 2 atom stereocenters. The van der Waals surface area contributed by atoms with Gasteiger partial charge in [-0.15, -0.1) is 0 Å². The number of carbonyl (C=O) groups excluding carboxylic acids is 1. The van der Waals surface area contributed by atoms with Gasteiger partial charge >= 0.3 is 6.03 Å². The minimum atomic E-state index is -0.0126. The molecule has 26 heavy (non-hydrogen) atoms. The van der Waals surface area contributed by atoms with Gasteiger partial charge in [-0.2, -0.15) is 0 Å². The normalized spacial score (nSPS) is 28.9. The highest BCUT2D eigenvalue weighted by Crippen LogP contribution is 2.52. The van der Waals surface area contributed by atoms with E-state index in [1.807, 2.05) is 0 Å². The first-order valence-corrected chi connectivity index (χ1v) is 11.5. The molecule has 0 aromatic carbocycles. The third kappa shape index (κ3) is 5.76. The molecule has 2 fully saturated rings. The Kier molecular flexibility index (Phi) is 7.45. The molecule has 3 nitrogen and oxygen atoms in total. The van der Waals surface area contributed by atoms with Crippen LogP contribution in [0.2, 0.25) is 0 Å². The minimum Gasteiger partial charge on any atom is -0.338 e. The molecule has 0 heterocycles. The maximum absolute atomic E-state index is 12.3. The average Bonchev–Trinajstić information content (AvgIpc) is 2.58. The van der Waals surface area contributed by atoms with Gasteiger partial charge in [-0.05, 0) is 50.4 Å². The van der Waals surface area contributed by atoms with Crippen LogP contribution >= 0.6 is 0 Å². The number of carbonyl (C=O) groups is 1. The van der Waals surface area contributed by atoms with Crippen LogP contribution in [0, 0.1) is 11.8 Å². The van der Waals surface area contributed by atoms with Crippen molar-refractivity contribution in [3.8, 4) is 0 Å². The number of rotatable bonds is 12. The number of hydrogen-bond donors (Lipinski definition) is 2. The lowest BCUT2D eigenvalue weighted by atomic mass is 9.58. The van der Waals surface area contributed by atoms with Crippen LogP contribution in [0.1, 0.15) is 103 Å². The van der Waals surface area contributed by atoms with Gasteiger partial charge in [-0.25, -0.2) is 4.79 Å². The molecule has 0 aromatic rings. The van der Waals surface area contributed by atoms with E-state index in [0.717, 1.165) is 24.8 Å². The summed E-state index contributed by atoms with van der Waals surface area (Å²) in [5.74, 6) is 1.65. The summed E-state index contributed by atoms with van der Waals surface area (Å²) in [5, 5.41) is 6.44. The van der Waals surface area contributed by atoms with Crippen LogP contribution in [0.4, 0.5) is 4.79 Å². The second kappa shape index (κ2) is 9.80. The van der Waals surface area contributed by atoms with Gasteiger partial charge in [0.25, 0.3) is 0 Å². The number of nitrogens with one attached hydrogen (secondary N) is 2. The molecule has 4 aliphatic carbocycles. The Morgan fingerprint density at radius 2 is 1.54 bits per heavy atom. The van der Waals surface area contributed by atoms with E-state index in [-0.39, 0.29) is 11.6 Å². The molecule has 0 radical (unpaired) electrons. The highest BCUT2D eigenvalue weighted by Gasteiger charge is 2.47. The summed E-state index contributed by atoms with van der Waals surface area (Å²) < 4.78 is 0. The van der Waals surface area contributed by atoms with Crippen molar-refractivity contribution < 1.29 is 4.79 Å². The van der Waals surface area contributed by atoms with Crippen LogP contribution < -0.4 is 10.6 Å². The van der Waals surface area contributed by atoms with E-state index in [0.29, 0.717) is 0 Å². The smallest absolute Gasteiger partial charge is 0.315 e. The molecule has 2 N–H and O–H groups in total. The lowest BCUT2D eigenvalue weighted by Gasteiger charge is -2.51. The van der Waals surface area contributed by atoms with E-state index in [4.69, 9.17) is 0 Å². The SMILES string of the molecule is CCCCCCCCCCCCNC(=O)NC12C=C3CC(CC(C3)C1)C2. The van der Waals surface area contributed by atoms with Gasteiger partial charge in [0.05, 0.1) is 5.54 Å². The Balaban J connectivity index is 1.21. The first kappa shape index (κ1) is 19.8. The van der Waals surface area contributed by atoms with Crippen molar-refractivity contribution in [1.29, 1.82) is 0 Å². The van der Waals surface area contributed by atoms with Crippen molar-refractivity contribution in [3.63, 3.8) is 0 Å². The Labute approximate surface area is 160 Å². The second-order valence-electron chi connectivity index (χ2n) is 9.31. The quantitative estimate of drug-likeness (QED) is 0.320. The molecule has 0 saturated heterocycles. The van der Waals surface area contributed by atoms with Crippen LogP contribution in [-0.2, 0) is 0 Å². The van der Waals surface area contributed by atoms with Gasteiger partial charge in [0.15, 0.2) is 0 Å². The average molecular weight is 361 g/mol. The van der Waals surface area contributed by atoms with Crippen LogP contribution in [0.25, 0.3) is 0 Å². The molecule has 4 bridgehead atoms. The van der Waals surface area contributed by atoms with Gasteiger partial charge in [0.2, 0.25) is 0 Å². The molecule has 3 heteroatoms. The number of hydrogen-bond acceptors (Lipinski definition) is 1. The van der Waals surface area contributed by atoms with Crippen LogP contribution in [0.15, 0.2) is 11.6 Å². The number of urea groups is 1. The van der Waals surface area contributed by atoms with Gasteiger partial charge in [0.1, 0.15) is 0 Å². The molecule has 2 unspecified atom stereocenters. The summed E-state index contributed by atoms with van der Waals surface area (Å²) in [4.78, 5) is 12.3. The molecule has 2 amide bonds. The van der Waals surface area contributed by atoms with E-state index in [1.165, 1.54) is 89.9 Å². The maximum Gasteiger partial charge on any atom is 0.315 e. The highest BCUT2D eigenvalue weighted by atomic mass is 16.2. The van der Waals surface area contributed by atoms with Crippen molar-refractivity contribution >= 4 is 6.03 Å². The summed E-state index contributed by atoms with van der Waals surface area (Å²) >= 11 is 0. The number of unbranched alkanes of at least 4 members (excludes halogenated alkanes) is 9. The molecule has 0 aromatic heterocycles. The maximum atomic E-state index is 12.3. The summed E-state index contributed by atoms with van der Waals surface area (Å²) in [6.07, 6.45) is 22.1. The molecule has 0 aliphatic heterocycles. The first-order valence-electron chi connectivity index (χ1n) is 11.5. The zero-order chi connectivity index (χ0) is 18.2. The Morgan fingerprint density at radius 1 is 0.962 bits per heavy atom. The Bertz CT molecular complexity index is 469. The van der Waals surface area contributed by atoms with Crippen molar-refractivity contribution in [2.45, 2.75) is 109 Å². The van der Waals surface area contributed by atoms with Crippen molar-refractivity contribution in [3.05, 3.63) is 11.6 Å². The van der Waals surface area contributed by atoms with Gasteiger partial charge in [-0.1, -0.05) is 76.4 Å². The topological polar surface area (TPSA) is 41.1 Å². The number of allylic oxidation sites excluding steroid dienone is 1. The monoisotopic (exact) mass is 360 g/mol. The van der Waals surface area contributed by atoms with Gasteiger partial charge in [-0.3, -0.25) is 0 Å². The predicted octanol–water partition coefficient (Wildman–Crippen LogP) is 6.10. The Morgan fingerprint density at radius 3 is 2.12 bits per heavy atom. The largest absolute Gasteiger partial charge is 0.338 e. The summed E-state index contributed by atoms with van der Waals surface area (Å²) in [5.41, 5.74) is 1.60. The molecular formula is C23H40N2O. The highest BCUT2D eigenvalue weighted by molar-refractivity contribution is 5.75. The third-order valence-corrected chi connectivity index (χ3v) is 6.73. The number of amides is 2. The van der Waals surface area contributed by atoms with Gasteiger partial charge in [0, 0.05) is 6.54 Å². The summed E-state index contributed by atoms with van der Waals surface area (Å²) in [7, 11) is 0. The summed E-state index contributed by atoms with van der Waals surface area (Å²) in [6.45, 7) is 3.09. The molecule has 148 valence electrons. The van der Waals surface area contributed by atoms with E-state index in [2.05, 4.69) is 23.6 Å². The van der Waals surface area contributed by atoms with Crippen molar-refractivity contribution in [2.75, 3.05) is 6.54 Å². The zero-order valence-corrected chi connectivity index (χ0v) is 17.0. The van der Waals surface area contributed by atoms with E-state index >= 15 is 0 Å². The van der Waals surface area contributed by atoms with E-state index in [9.17, 15) is 4.79 Å². The Hall–Kier alpha value is -0.990.